The van der Waals surface area contributed by atoms with Gasteiger partial charge in [-0.2, -0.15) is 0 Å². The Morgan fingerprint density at radius 1 is 1.07 bits per heavy atom. The van der Waals surface area contributed by atoms with Crippen LogP contribution in [0.3, 0.4) is 0 Å². The van der Waals surface area contributed by atoms with E-state index in [-0.39, 0.29) is 11.9 Å². The van der Waals surface area contributed by atoms with Gasteiger partial charge in [0.25, 0.3) is 0 Å². The second-order valence-corrected chi connectivity index (χ2v) is 7.48. The molecule has 1 amide bonds. The number of methoxy groups -OCH3 is 2. The van der Waals surface area contributed by atoms with E-state index in [1.54, 1.807) is 14.2 Å². The summed E-state index contributed by atoms with van der Waals surface area (Å²) in [6.45, 7) is 3.48. The molecule has 0 spiro atoms. The van der Waals surface area contributed by atoms with E-state index in [0.29, 0.717) is 13.0 Å². The molecule has 2 aromatic carbocycles. The number of amides is 1. The van der Waals surface area contributed by atoms with Gasteiger partial charge in [0.15, 0.2) is 0 Å². The molecule has 5 nitrogen and oxygen atoms in total. The molecule has 2 aromatic rings. The Kier molecular flexibility index (Phi) is 7.39. The van der Waals surface area contributed by atoms with Gasteiger partial charge in [0.05, 0.1) is 26.9 Å². The van der Waals surface area contributed by atoms with Crippen molar-refractivity contribution < 1.29 is 19.0 Å². The molecular formula is C24H31NO4. The normalized spacial score (nSPS) is 16.0. The van der Waals surface area contributed by atoms with Crippen molar-refractivity contribution in [1.29, 1.82) is 0 Å². The molecule has 29 heavy (non-hydrogen) atoms. The molecule has 1 saturated heterocycles. The van der Waals surface area contributed by atoms with E-state index in [9.17, 15) is 4.79 Å². The SMILES string of the molecule is COc1ccc(OC)c(C2CCCN2C(=O)CCCCOc2cccc(C)c2)c1. The summed E-state index contributed by atoms with van der Waals surface area (Å²) in [4.78, 5) is 14.9. The van der Waals surface area contributed by atoms with Crippen molar-refractivity contribution >= 4 is 5.91 Å². The van der Waals surface area contributed by atoms with Gasteiger partial charge in [-0.3, -0.25) is 4.79 Å². The van der Waals surface area contributed by atoms with Gasteiger partial charge in [0, 0.05) is 18.5 Å². The molecule has 0 N–H and O–H groups in total. The molecule has 0 saturated carbocycles. The first-order valence-corrected chi connectivity index (χ1v) is 10.3. The van der Waals surface area contributed by atoms with E-state index in [2.05, 4.69) is 13.0 Å². The molecule has 1 aliphatic rings. The summed E-state index contributed by atoms with van der Waals surface area (Å²) < 4.78 is 16.7. The molecule has 0 aromatic heterocycles. The molecule has 1 atom stereocenters. The number of nitrogens with zero attached hydrogens (tertiary/aromatic N) is 1. The maximum atomic E-state index is 12.9. The lowest BCUT2D eigenvalue weighted by Crippen LogP contribution is -2.30. The van der Waals surface area contributed by atoms with Gasteiger partial charge in [-0.1, -0.05) is 12.1 Å². The minimum Gasteiger partial charge on any atom is -0.497 e. The fraction of sp³-hybridized carbons (Fsp3) is 0.458. The zero-order valence-corrected chi connectivity index (χ0v) is 17.6. The van der Waals surface area contributed by atoms with Crippen molar-refractivity contribution in [2.24, 2.45) is 0 Å². The van der Waals surface area contributed by atoms with Crippen LogP contribution in [0, 0.1) is 6.92 Å². The minimum absolute atomic E-state index is 0.0519. The average Bonchev–Trinajstić information content (AvgIpc) is 3.23. The van der Waals surface area contributed by atoms with Crippen molar-refractivity contribution in [1.82, 2.24) is 4.90 Å². The Morgan fingerprint density at radius 2 is 1.93 bits per heavy atom. The van der Waals surface area contributed by atoms with Gasteiger partial charge >= 0.3 is 0 Å². The molecule has 1 aliphatic heterocycles. The summed E-state index contributed by atoms with van der Waals surface area (Å²) in [6, 6.07) is 13.9. The maximum Gasteiger partial charge on any atom is 0.223 e. The third-order valence-corrected chi connectivity index (χ3v) is 5.41. The van der Waals surface area contributed by atoms with E-state index in [1.165, 1.54) is 5.56 Å². The first kappa shape index (κ1) is 21.0. The number of carbonyl (C=O) groups is 1. The number of hydrogen-bond donors (Lipinski definition) is 0. The largest absolute Gasteiger partial charge is 0.497 e. The Morgan fingerprint density at radius 3 is 2.69 bits per heavy atom. The zero-order chi connectivity index (χ0) is 20.6. The van der Waals surface area contributed by atoms with Crippen LogP contribution in [0.2, 0.25) is 0 Å². The van der Waals surface area contributed by atoms with Crippen molar-refractivity contribution in [3.63, 3.8) is 0 Å². The molecule has 5 heteroatoms. The third kappa shape index (κ3) is 5.43. The lowest BCUT2D eigenvalue weighted by molar-refractivity contribution is -0.132. The number of benzene rings is 2. The van der Waals surface area contributed by atoms with Gasteiger partial charge in [-0.15, -0.1) is 0 Å². The van der Waals surface area contributed by atoms with Crippen molar-refractivity contribution in [2.45, 2.75) is 45.1 Å². The second kappa shape index (κ2) is 10.2. The Bertz CT molecular complexity index is 820. The highest BCUT2D eigenvalue weighted by atomic mass is 16.5. The summed E-state index contributed by atoms with van der Waals surface area (Å²) in [5, 5.41) is 0. The van der Waals surface area contributed by atoms with Crippen LogP contribution in [-0.4, -0.2) is 38.2 Å². The predicted molar refractivity (Wildman–Crippen MR) is 114 cm³/mol. The predicted octanol–water partition coefficient (Wildman–Crippen LogP) is 4.93. The number of ether oxygens (including phenoxy) is 3. The van der Waals surface area contributed by atoms with E-state index in [1.807, 2.05) is 41.3 Å². The highest BCUT2D eigenvalue weighted by molar-refractivity contribution is 5.77. The van der Waals surface area contributed by atoms with Gasteiger partial charge in [0.1, 0.15) is 17.2 Å². The van der Waals surface area contributed by atoms with Gasteiger partial charge in [-0.25, -0.2) is 0 Å². The van der Waals surface area contributed by atoms with Crippen LogP contribution in [-0.2, 0) is 4.79 Å². The Hall–Kier alpha value is -2.69. The smallest absolute Gasteiger partial charge is 0.223 e. The molecule has 1 heterocycles. The van der Waals surface area contributed by atoms with Crippen molar-refractivity contribution in [2.75, 3.05) is 27.4 Å². The molecular weight excluding hydrogens is 366 g/mol. The van der Waals surface area contributed by atoms with Crippen LogP contribution >= 0.6 is 0 Å². The molecule has 0 radical (unpaired) electrons. The van der Waals surface area contributed by atoms with Crippen LogP contribution in [0.5, 0.6) is 17.2 Å². The second-order valence-electron chi connectivity index (χ2n) is 7.48. The molecule has 0 aliphatic carbocycles. The average molecular weight is 398 g/mol. The summed E-state index contributed by atoms with van der Waals surface area (Å²) in [5.41, 5.74) is 2.21. The summed E-state index contributed by atoms with van der Waals surface area (Å²) in [7, 11) is 3.32. The molecule has 156 valence electrons. The van der Waals surface area contributed by atoms with Crippen molar-refractivity contribution in [3.05, 3.63) is 53.6 Å². The van der Waals surface area contributed by atoms with Gasteiger partial charge in [0.2, 0.25) is 5.91 Å². The first-order valence-electron chi connectivity index (χ1n) is 10.3. The van der Waals surface area contributed by atoms with Crippen molar-refractivity contribution in [3.8, 4) is 17.2 Å². The van der Waals surface area contributed by atoms with E-state index >= 15 is 0 Å². The van der Waals surface area contributed by atoms with Crippen LogP contribution in [0.4, 0.5) is 0 Å². The summed E-state index contributed by atoms with van der Waals surface area (Å²) in [6.07, 6.45) is 4.18. The fourth-order valence-corrected chi connectivity index (χ4v) is 3.91. The number of aryl methyl sites for hydroxylation is 1. The number of carbonyl (C=O) groups excluding carboxylic acids is 1. The van der Waals surface area contributed by atoms with Crippen LogP contribution in [0.15, 0.2) is 42.5 Å². The molecule has 1 unspecified atom stereocenters. The standard InChI is InChI=1S/C24H31NO4/c1-18-8-6-9-20(16-18)29-15-5-4-11-24(26)25-14-7-10-22(25)21-17-19(27-2)12-13-23(21)28-3/h6,8-9,12-13,16-17,22H,4-5,7,10-11,14-15H2,1-3H3. The monoisotopic (exact) mass is 397 g/mol. The lowest BCUT2D eigenvalue weighted by Gasteiger charge is -2.27. The quantitative estimate of drug-likeness (QED) is 0.563. The highest BCUT2D eigenvalue weighted by Gasteiger charge is 2.31. The highest BCUT2D eigenvalue weighted by Crippen LogP contribution is 2.39. The Labute approximate surface area is 173 Å². The van der Waals surface area contributed by atoms with Crippen LogP contribution in [0.25, 0.3) is 0 Å². The zero-order valence-electron chi connectivity index (χ0n) is 17.6. The number of rotatable bonds is 9. The van der Waals surface area contributed by atoms with E-state index in [0.717, 1.165) is 55.0 Å². The van der Waals surface area contributed by atoms with Gasteiger partial charge < -0.3 is 19.1 Å². The molecule has 3 rings (SSSR count). The third-order valence-electron chi connectivity index (χ3n) is 5.41. The van der Waals surface area contributed by atoms with E-state index in [4.69, 9.17) is 14.2 Å². The Balaban J connectivity index is 1.52. The van der Waals surface area contributed by atoms with Gasteiger partial charge in [-0.05, 0) is 68.5 Å². The van der Waals surface area contributed by atoms with Crippen LogP contribution in [0.1, 0.15) is 49.3 Å². The summed E-state index contributed by atoms with van der Waals surface area (Å²) in [5.74, 6) is 2.68. The first-order chi connectivity index (χ1) is 14.1. The molecule has 1 fully saturated rings. The minimum atomic E-state index is 0.0519. The van der Waals surface area contributed by atoms with E-state index < -0.39 is 0 Å². The number of hydrogen-bond acceptors (Lipinski definition) is 4. The van der Waals surface area contributed by atoms with Crippen LogP contribution < -0.4 is 14.2 Å². The summed E-state index contributed by atoms with van der Waals surface area (Å²) >= 11 is 0. The molecule has 0 bridgehead atoms. The topological polar surface area (TPSA) is 48.0 Å². The number of likely N-dealkylation sites (tertiary alicyclic amines) is 1. The maximum absolute atomic E-state index is 12.9. The number of unbranched alkanes of at least 4 members (excludes halogenated alkanes) is 1. The fourth-order valence-electron chi connectivity index (χ4n) is 3.91. The lowest BCUT2D eigenvalue weighted by atomic mass is 10.0.